The first-order valence-corrected chi connectivity index (χ1v) is 6.44. The van der Waals surface area contributed by atoms with Crippen molar-refractivity contribution in [1.82, 2.24) is 0 Å². The molecule has 2 heteroatoms. The average molecular weight is 218 g/mol. The Labute approximate surface area is 98.2 Å². The molecule has 88 valence electrons. The average Bonchev–Trinajstić information content (AvgIpc) is 2.58. The van der Waals surface area contributed by atoms with Gasteiger partial charge in [0.1, 0.15) is 0 Å². The van der Waals surface area contributed by atoms with E-state index in [9.17, 15) is 0 Å². The van der Waals surface area contributed by atoms with Gasteiger partial charge in [0.05, 0.1) is 0 Å². The van der Waals surface area contributed by atoms with E-state index in [1.165, 1.54) is 49.8 Å². The van der Waals surface area contributed by atoms with E-state index >= 15 is 0 Å². The predicted octanol–water partition coefficient (Wildman–Crippen LogP) is 3.28. The molecule has 0 heterocycles. The topological polar surface area (TPSA) is 38.0 Å². The molecule has 1 fully saturated rings. The van der Waals surface area contributed by atoms with Crippen LogP contribution in [0.2, 0.25) is 0 Å². The van der Waals surface area contributed by atoms with E-state index in [0.717, 1.165) is 0 Å². The molecule has 1 aliphatic rings. The fourth-order valence-corrected chi connectivity index (χ4v) is 2.48. The van der Waals surface area contributed by atoms with Gasteiger partial charge < -0.3 is 11.1 Å². The van der Waals surface area contributed by atoms with E-state index in [1.807, 2.05) is 0 Å². The van der Waals surface area contributed by atoms with Crippen molar-refractivity contribution in [2.45, 2.75) is 51.1 Å². The summed E-state index contributed by atoms with van der Waals surface area (Å²) in [5.74, 6) is 0. The molecular weight excluding hydrogens is 196 g/mol. The third-order valence-corrected chi connectivity index (χ3v) is 3.45. The fourth-order valence-electron chi connectivity index (χ4n) is 2.48. The Bertz CT molecular complexity index is 314. The molecule has 0 aliphatic heterocycles. The van der Waals surface area contributed by atoms with Crippen molar-refractivity contribution < 1.29 is 0 Å². The van der Waals surface area contributed by atoms with Gasteiger partial charge in [-0.05, 0) is 24.5 Å². The molecule has 1 aromatic carbocycles. The van der Waals surface area contributed by atoms with Crippen LogP contribution in [0.3, 0.4) is 0 Å². The van der Waals surface area contributed by atoms with Crippen LogP contribution in [-0.4, -0.2) is 6.04 Å². The first kappa shape index (κ1) is 11.5. The van der Waals surface area contributed by atoms with Gasteiger partial charge >= 0.3 is 0 Å². The highest BCUT2D eigenvalue weighted by atomic mass is 14.9. The Hall–Kier alpha value is -1.02. The Morgan fingerprint density at radius 2 is 1.75 bits per heavy atom. The van der Waals surface area contributed by atoms with Crippen molar-refractivity contribution >= 4 is 5.69 Å². The van der Waals surface area contributed by atoms with Crippen molar-refractivity contribution in [2.24, 2.45) is 5.73 Å². The van der Waals surface area contributed by atoms with Crippen LogP contribution >= 0.6 is 0 Å². The third kappa shape index (κ3) is 2.99. The van der Waals surface area contributed by atoms with Gasteiger partial charge in [-0.2, -0.15) is 0 Å². The molecule has 0 saturated heterocycles. The maximum absolute atomic E-state index is 5.75. The maximum atomic E-state index is 5.75. The minimum atomic E-state index is 0.621. The van der Waals surface area contributed by atoms with Crippen LogP contribution in [-0.2, 0) is 6.54 Å². The van der Waals surface area contributed by atoms with Gasteiger partial charge in [-0.25, -0.2) is 0 Å². The fraction of sp³-hybridized carbons (Fsp3) is 0.571. The second-order valence-corrected chi connectivity index (χ2v) is 4.69. The zero-order chi connectivity index (χ0) is 11.2. The molecular formula is C14H22N2. The van der Waals surface area contributed by atoms with Crippen molar-refractivity contribution in [2.75, 3.05) is 5.32 Å². The minimum Gasteiger partial charge on any atom is -0.382 e. The number of para-hydroxylation sites is 1. The Kier molecular flexibility index (Phi) is 4.23. The van der Waals surface area contributed by atoms with E-state index in [-0.39, 0.29) is 0 Å². The van der Waals surface area contributed by atoms with E-state index in [4.69, 9.17) is 5.73 Å². The van der Waals surface area contributed by atoms with Crippen LogP contribution in [0.5, 0.6) is 0 Å². The molecule has 0 atom stereocenters. The van der Waals surface area contributed by atoms with Crippen LogP contribution in [0.4, 0.5) is 5.69 Å². The Morgan fingerprint density at radius 3 is 2.44 bits per heavy atom. The van der Waals surface area contributed by atoms with E-state index in [1.54, 1.807) is 0 Å². The molecule has 0 radical (unpaired) electrons. The maximum Gasteiger partial charge on any atom is 0.0387 e. The molecule has 1 saturated carbocycles. The zero-order valence-electron chi connectivity index (χ0n) is 9.91. The number of nitrogens with one attached hydrogen (secondary N) is 1. The summed E-state index contributed by atoms with van der Waals surface area (Å²) in [5, 5.41) is 3.66. The van der Waals surface area contributed by atoms with Gasteiger partial charge in [0, 0.05) is 18.3 Å². The van der Waals surface area contributed by atoms with Crippen molar-refractivity contribution in [3.63, 3.8) is 0 Å². The van der Waals surface area contributed by atoms with E-state index in [0.29, 0.717) is 12.6 Å². The number of benzene rings is 1. The van der Waals surface area contributed by atoms with Gasteiger partial charge in [0.15, 0.2) is 0 Å². The molecule has 3 N–H and O–H groups in total. The molecule has 1 aliphatic carbocycles. The molecule has 0 spiro atoms. The first-order valence-electron chi connectivity index (χ1n) is 6.44. The zero-order valence-corrected chi connectivity index (χ0v) is 9.91. The van der Waals surface area contributed by atoms with Crippen LogP contribution in [0.25, 0.3) is 0 Å². The molecule has 0 aromatic heterocycles. The van der Waals surface area contributed by atoms with Crippen molar-refractivity contribution in [1.29, 1.82) is 0 Å². The summed E-state index contributed by atoms with van der Waals surface area (Å²) in [7, 11) is 0. The van der Waals surface area contributed by atoms with Crippen LogP contribution in [0.1, 0.15) is 44.1 Å². The van der Waals surface area contributed by atoms with E-state index < -0.39 is 0 Å². The van der Waals surface area contributed by atoms with Crippen LogP contribution < -0.4 is 11.1 Å². The minimum absolute atomic E-state index is 0.621. The SMILES string of the molecule is NCc1ccccc1NC1CCCCCC1. The first-order chi connectivity index (χ1) is 7.90. The molecule has 2 nitrogen and oxygen atoms in total. The lowest BCUT2D eigenvalue weighted by Crippen LogP contribution is -2.19. The molecule has 0 bridgehead atoms. The Morgan fingerprint density at radius 1 is 1.06 bits per heavy atom. The second kappa shape index (κ2) is 5.90. The number of rotatable bonds is 3. The number of nitrogens with two attached hydrogens (primary N) is 1. The number of hydrogen-bond acceptors (Lipinski definition) is 2. The summed E-state index contributed by atoms with van der Waals surface area (Å²) in [6.07, 6.45) is 8.14. The quantitative estimate of drug-likeness (QED) is 0.764. The highest BCUT2D eigenvalue weighted by Gasteiger charge is 2.12. The largest absolute Gasteiger partial charge is 0.382 e. The van der Waals surface area contributed by atoms with Gasteiger partial charge in [0.2, 0.25) is 0 Å². The molecule has 16 heavy (non-hydrogen) atoms. The van der Waals surface area contributed by atoms with Crippen LogP contribution in [0.15, 0.2) is 24.3 Å². The molecule has 2 rings (SSSR count). The van der Waals surface area contributed by atoms with Gasteiger partial charge in [-0.3, -0.25) is 0 Å². The standard InChI is InChI=1S/C14H22N2/c15-11-12-7-5-6-10-14(12)16-13-8-3-1-2-4-9-13/h5-7,10,13,16H,1-4,8-9,11,15H2. The lowest BCUT2D eigenvalue weighted by molar-refractivity contribution is 0.619. The van der Waals surface area contributed by atoms with E-state index in [2.05, 4.69) is 29.6 Å². The van der Waals surface area contributed by atoms with Gasteiger partial charge in [-0.15, -0.1) is 0 Å². The summed E-state index contributed by atoms with van der Waals surface area (Å²) in [4.78, 5) is 0. The summed E-state index contributed by atoms with van der Waals surface area (Å²) in [6, 6.07) is 9.04. The van der Waals surface area contributed by atoms with Gasteiger partial charge in [-0.1, -0.05) is 43.9 Å². The lowest BCUT2D eigenvalue weighted by Gasteiger charge is -2.19. The molecule has 0 amide bonds. The highest BCUT2D eigenvalue weighted by molar-refractivity contribution is 5.51. The van der Waals surface area contributed by atoms with Gasteiger partial charge in [0.25, 0.3) is 0 Å². The lowest BCUT2D eigenvalue weighted by atomic mass is 10.1. The summed E-state index contributed by atoms with van der Waals surface area (Å²) in [5.41, 5.74) is 8.21. The van der Waals surface area contributed by atoms with Crippen molar-refractivity contribution in [3.8, 4) is 0 Å². The van der Waals surface area contributed by atoms with Crippen LogP contribution in [0, 0.1) is 0 Å². The summed E-state index contributed by atoms with van der Waals surface area (Å²) in [6.45, 7) is 0.621. The third-order valence-electron chi connectivity index (χ3n) is 3.45. The van der Waals surface area contributed by atoms with Crippen molar-refractivity contribution in [3.05, 3.63) is 29.8 Å². The summed E-state index contributed by atoms with van der Waals surface area (Å²) >= 11 is 0. The Balaban J connectivity index is 2.01. The molecule has 1 aromatic rings. The summed E-state index contributed by atoms with van der Waals surface area (Å²) < 4.78 is 0. The smallest absolute Gasteiger partial charge is 0.0387 e. The highest BCUT2D eigenvalue weighted by Crippen LogP contribution is 2.22. The molecule has 0 unspecified atom stereocenters. The second-order valence-electron chi connectivity index (χ2n) is 4.69. The normalized spacial score (nSPS) is 18.1. The predicted molar refractivity (Wildman–Crippen MR) is 69.4 cm³/mol. The number of hydrogen-bond donors (Lipinski definition) is 2. The monoisotopic (exact) mass is 218 g/mol. The number of anilines is 1.